The summed E-state index contributed by atoms with van der Waals surface area (Å²) in [6.45, 7) is 7.29. The fraction of sp³-hybridized carbons (Fsp3) is 0.533. The summed E-state index contributed by atoms with van der Waals surface area (Å²) in [4.78, 5) is 25.5. The molecule has 7 heteroatoms. The maximum absolute atomic E-state index is 12.6. The van der Waals surface area contributed by atoms with Crippen molar-refractivity contribution in [2.45, 2.75) is 26.3 Å². The molecule has 2 aromatic rings. The van der Waals surface area contributed by atoms with Crippen LogP contribution in [-0.2, 0) is 4.79 Å². The van der Waals surface area contributed by atoms with Crippen LogP contribution in [0.2, 0.25) is 0 Å². The molecular weight excluding hydrogens is 298 g/mol. The molecule has 0 aromatic carbocycles. The minimum Gasteiger partial charge on any atom is -0.346 e. The highest BCUT2D eigenvalue weighted by Gasteiger charge is 2.24. The van der Waals surface area contributed by atoms with Crippen molar-refractivity contribution in [1.29, 1.82) is 0 Å². The zero-order valence-corrected chi connectivity index (χ0v) is 13.8. The lowest BCUT2D eigenvalue weighted by molar-refractivity contribution is -0.134. The molecule has 0 radical (unpaired) electrons. The molecule has 1 aliphatic rings. The minimum atomic E-state index is -0.198. The van der Waals surface area contributed by atoms with Crippen LogP contribution in [0.5, 0.6) is 0 Å². The molecular formula is C15H21N5OS. The van der Waals surface area contributed by atoms with Crippen molar-refractivity contribution >= 4 is 22.4 Å². The Labute approximate surface area is 134 Å². The molecule has 0 bridgehead atoms. The largest absolute Gasteiger partial charge is 0.346 e. The summed E-state index contributed by atoms with van der Waals surface area (Å²) in [6.07, 6.45) is 6.22. The molecule has 1 fully saturated rings. The van der Waals surface area contributed by atoms with Gasteiger partial charge in [0.1, 0.15) is 6.04 Å². The normalized spacial score (nSPS) is 17.4. The van der Waals surface area contributed by atoms with Gasteiger partial charge >= 0.3 is 0 Å². The van der Waals surface area contributed by atoms with Gasteiger partial charge in [-0.25, -0.2) is 9.97 Å². The van der Waals surface area contributed by atoms with E-state index in [0.29, 0.717) is 0 Å². The number of amides is 1. The van der Waals surface area contributed by atoms with Gasteiger partial charge in [0.05, 0.1) is 12.0 Å². The highest BCUT2D eigenvalue weighted by Crippen LogP contribution is 2.22. The van der Waals surface area contributed by atoms with E-state index in [9.17, 15) is 4.79 Å². The van der Waals surface area contributed by atoms with E-state index in [1.807, 2.05) is 29.5 Å². The molecule has 118 valence electrons. The van der Waals surface area contributed by atoms with Crippen LogP contribution < -0.4 is 4.90 Å². The fourth-order valence-corrected chi connectivity index (χ4v) is 3.56. The Kier molecular flexibility index (Phi) is 4.42. The SMILES string of the molecule is Cc1csc(N2CCCN(C(=O)C(C)n3ccnc3)CC2)n1. The first kappa shape index (κ1) is 15.0. The van der Waals surface area contributed by atoms with Crippen molar-refractivity contribution in [2.75, 3.05) is 31.1 Å². The van der Waals surface area contributed by atoms with Crippen molar-refractivity contribution in [3.05, 3.63) is 29.8 Å². The number of hydrogen-bond acceptors (Lipinski definition) is 5. The molecule has 1 unspecified atom stereocenters. The van der Waals surface area contributed by atoms with E-state index in [4.69, 9.17) is 0 Å². The van der Waals surface area contributed by atoms with Gasteiger partial charge in [-0.1, -0.05) is 0 Å². The molecule has 0 spiro atoms. The average Bonchev–Trinajstić information content (AvgIpc) is 3.13. The molecule has 1 atom stereocenters. The lowest BCUT2D eigenvalue weighted by atomic mass is 10.2. The number of carbonyl (C=O) groups excluding carboxylic acids is 1. The van der Waals surface area contributed by atoms with E-state index in [1.54, 1.807) is 23.9 Å². The van der Waals surface area contributed by atoms with Gasteiger partial charge in [-0.05, 0) is 20.3 Å². The number of anilines is 1. The number of aryl methyl sites for hydroxylation is 1. The lowest BCUT2D eigenvalue weighted by Gasteiger charge is -2.25. The Balaban J connectivity index is 1.63. The Morgan fingerprint density at radius 2 is 2.18 bits per heavy atom. The van der Waals surface area contributed by atoms with Crippen molar-refractivity contribution < 1.29 is 4.79 Å². The summed E-state index contributed by atoms with van der Waals surface area (Å²) < 4.78 is 1.86. The predicted octanol–water partition coefficient (Wildman–Crippen LogP) is 1.95. The zero-order valence-electron chi connectivity index (χ0n) is 13.0. The number of rotatable bonds is 3. The monoisotopic (exact) mass is 319 g/mol. The van der Waals surface area contributed by atoms with Gasteiger partial charge in [-0.15, -0.1) is 11.3 Å². The van der Waals surface area contributed by atoms with E-state index in [2.05, 4.69) is 20.2 Å². The number of nitrogens with zero attached hydrogens (tertiary/aromatic N) is 5. The Hall–Kier alpha value is -1.89. The van der Waals surface area contributed by atoms with Crippen LogP contribution in [0.3, 0.4) is 0 Å². The van der Waals surface area contributed by atoms with Crippen molar-refractivity contribution in [2.24, 2.45) is 0 Å². The zero-order chi connectivity index (χ0) is 15.5. The van der Waals surface area contributed by atoms with Crippen LogP contribution in [0.4, 0.5) is 5.13 Å². The van der Waals surface area contributed by atoms with Gasteiger partial charge in [0, 0.05) is 44.0 Å². The van der Waals surface area contributed by atoms with Crippen molar-refractivity contribution in [3.8, 4) is 0 Å². The third kappa shape index (κ3) is 3.14. The third-order valence-electron chi connectivity index (χ3n) is 4.01. The smallest absolute Gasteiger partial charge is 0.245 e. The van der Waals surface area contributed by atoms with Crippen LogP contribution in [0, 0.1) is 6.92 Å². The van der Waals surface area contributed by atoms with Crippen LogP contribution in [0.1, 0.15) is 25.1 Å². The fourth-order valence-electron chi connectivity index (χ4n) is 2.71. The first-order valence-electron chi connectivity index (χ1n) is 7.58. The number of imidazole rings is 1. The summed E-state index contributed by atoms with van der Waals surface area (Å²) in [5, 5.41) is 3.14. The minimum absolute atomic E-state index is 0.162. The molecule has 1 amide bonds. The topological polar surface area (TPSA) is 54.3 Å². The summed E-state index contributed by atoms with van der Waals surface area (Å²) in [5.74, 6) is 0.162. The van der Waals surface area contributed by atoms with Gasteiger partial charge < -0.3 is 14.4 Å². The van der Waals surface area contributed by atoms with E-state index in [1.165, 1.54) is 0 Å². The molecule has 6 nitrogen and oxygen atoms in total. The molecule has 1 aliphatic heterocycles. The Bertz CT molecular complexity index is 624. The molecule has 0 aliphatic carbocycles. The third-order valence-corrected chi connectivity index (χ3v) is 5.03. The number of aromatic nitrogens is 3. The highest BCUT2D eigenvalue weighted by atomic mass is 32.1. The molecule has 3 heterocycles. The molecule has 22 heavy (non-hydrogen) atoms. The standard InChI is InChI=1S/C15H21N5OS/c1-12-10-22-15(17-12)19-6-3-5-18(8-9-19)14(21)13(2)20-7-4-16-11-20/h4,7,10-11,13H,3,5-6,8-9H2,1-2H3. The van der Waals surface area contributed by atoms with E-state index < -0.39 is 0 Å². The summed E-state index contributed by atoms with van der Waals surface area (Å²) in [6, 6.07) is -0.198. The van der Waals surface area contributed by atoms with Gasteiger partial charge in [-0.2, -0.15) is 0 Å². The van der Waals surface area contributed by atoms with Crippen LogP contribution in [0.15, 0.2) is 24.1 Å². The number of hydrogen-bond donors (Lipinski definition) is 0. The second-order valence-electron chi connectivity index (χ2n) is 5.62. The number of thiazole rings is 1. The van der Waals surface area contributed by atoms with Crippen LogP contribution in [-0.4, -0.2) is 51.5 Å². The second kappa shape index (κ2) is 6.48. The van der Waals surface area contributed by atoms with Crippen molar-refractivity contribution in [1.82, 2.24) is 19.4 Å². The van der Waals surface area contributed by atoms with E-state index in [-0.39, 0.29) is 11.9 Å². The van der Waals surface area contributed by atoms with Gasteiger partial charge in [0.2, 0.25) is 5.91 Å². The quantitative estimate of drug-likeness (QED) is 0.868. The first-order valence-corrected chi connectivity index (χ1v) is 8.46. The lowest BCUT2D eigenvalue weighted by Crippen LogP contribution is -2.38. The number of carbonyl (C=O) groups is 1. The Morgan fingerprint density at radius 3 is 2.86 bits per heavy atom. The summed E-state index contributed by atoms with van der Waals surface area (Å²) in [7, 11) is 0. The van der Waals surface area contributed by atoms with E-state index in [0.717, 1.165) is 43.4 Å². The first-order chi connectivity index (χ1) is 10.6. The molecule has 0 saturated carbocycles. The maximum Gasteiger partial charge on any atom is 0.245 e. The maximum atomic E-state index is 12.6. The molecule has 0 N–H and O–H groups in total. The van der Waals surface area contributed by atoms with Crippen LogP contribution in [0.25, 0.3) is 0 Å². The van der Waals surface area contributed by atoms with Gasteiger partial charge in [0.25, 0.3) is 0 Å². The van der Waals surface area contributed by atoms with Gasteiger partial charge in [-0.3, -0.25) is 4.79 Å². The molecule has 2 aromatic heterocycles. The van der Waals surface area contributed by atoms with Gasteiger partial charge in [0.15, 0.2) is 5.13 Å². The summed E-state index contributed by atoms with van der Waals surface area (Å²) in [5.41, 5.74) is 1.06. The average molecular weight is 319 g/mol. The molecule has 3 rings (SSSR count). The predicted molar refractivity (Wildman–Crippen MR) is 87.2 cm³/mol. The summed E-state index contributed by atoms with van der Waals surface area (Å²) >= 11 is 1.68. The van der Waals surface area contributed by atoms with Crippen molar-refractivity contribution in [3.63, 3.8) is 0 Å². The second-order valence-corrected chi connectivity index (χ2v) is 6.46. The molecule has 1 saturated heterocycles. The van der Waals surface area contributed by atoms with E-state index >= 15 is 0 Å². The van der Waals surface area contributed by atoms with Crippen LogP contribution >= 0.6 is 11.3 Å². The highest BCUT2D eigenvalue weighted by molar-refractivity contribution is 7.13. The Morgan fingerprint density at radius 1 is 1.32 bits per heavy atom.